The minimum atomic E-state index is -2.11. The maximum atomic E-state index is 15.5. The van der Waals surface area contributed by atoms with Crippen LogP contribution in [0.4, 0.5) is 4.39 Å². The zero-order valence-electron chi connectivity index (χ0n) is 12.5. The highest BCUT2D eigenvalue weighted by Crippen LogP contribution is 2.49. The lowest BCUT2D eigenvalue weighted by molar-refractivity contribution is -0.0862. The van der Waals surface area contributed by atoms with Crippen LogP contribution in [0.1, 0.15) is 28.9 Å². The molecule has 0 saturated carbocycles. The van der Waals surface area contributed by atoms with E-state index in [0.717, 1.165) is 16.3 Å². The Hall–Kier alpha value is -2.23. The minimum absolute atomic E-state index is 0.0122. The number of rotatable bonds is 2. The molecule has 4 rings (SSSR count). The zero-order chi connectivity index (χ0) is 16.0. The number of hydrogen-bond donors (Lipinski definition) is 2. The molecule has 0 radical (unpaired) electrons. The minimum Gasteiger partial charge on any atom is -0.385 e. The molecule has 3 atom stereocenters. The molecule has 2 N–H and O–H groups in total. The number of aliphatic hydroxyl groups is 2. The van der Waals surface area contributed by atoms with Crippen molar-refractivity contribution in [2.45, 2.75) is 24.3 Å². The van der Waals surface area contributed by atoms with Gasteiger partial charge in [0.05, 0.1) is 0 Å². The molecule has 2 nitrogen and oxygen atoms in total. The molecule has 3 aromatic carbocycles. The van der Waals surface area contributed by atoms with Crippen LogP contribution < -0.4 is 0 Å². The van der Waals surface area contributed by atoms with Crippen LogP contribution in [0.3, 0.4) is 0 Å². The molecule has 0 unspecified atom stereocenters. The van der Waals surface area contributed by atoms with Gasteiger partial charge < -0.3 is 10.2 Å². The summed E-state index contributed by atoms with van der Waals surface area (Å²) in [5.41, 5.74) is -0.304. The Balaban J connectivity index is 1.74. The summed E-state index contributed by atoms with van der Waals surface area (Å²) >= 11 is 0. The molecule has 0 fully saturated rings. The van der Waals surface area contributed by atoms with Gasteiger partial charge in [-0.25, -0.2) is 4.39 Å². The van der Waals surface area contributed by atoms with E-state index in [-0.39, 0.29) is 6.42 Å². The summed E-state index contributed by atoms with van der Waals surface area (Å²) < 4.78 is 15.5. The SMILES string of the molecule is O[C@@H](c1ccc2ccccc2c1)[C@@]1(F)Cc2ccccc2[C@@H]1O. The molecule has 0 amide bonds. The Morgan fingerprint density at radius 3 is 2.43 bits per heavy atom. The quantitative estimate of drug-likeness (QED) is 0.754. The Morgan fingerprint density at radius 2 is 1.65 bits per heavy atom. The first-order valence-corrected chi connectivity index (χ1v) is 7.71. The second-order valence-corrected chi connectivity index (χ2v) is 6.21. The highest BCUT2D eigenvalue weighted by Gasteiger charge is 2.51. The number of alkyl halides is 1. The molecule has 0 aromatic heterocycles. The second-order valence-electron chi connectivity index (χ2n) is 6.21. The average Bonchev–Trinajstić information content (AvgIpc) is 2.86. The van der Waals surface area contributed by atoms with Gasteiger partial charge in [-0.2, -0.15) is 0 Å². The van der Waals surface area contributed by atoms with Crippen molar-refractivity contribution in [1.82, 2.24) is 0 Å². The topological polar surface area (TPSA) is 40.5 Å². The molecule has 0 saturated heterocycles. The Labute approximate surface area is 133 Å². The summed E-state index contributed by atoms with van der Waals surface area (Å²) in [7, 11) is 0. The van der Waals surface area contributed by atoms with Crippen molar-refractivity contribution in [3.05, 3.63) is 83.4 Å². The molecule has 0 heterocycles. The van der Waals surface area contributed by atoms with Crippen LogP contribution in [0.5, 0.6) is 0 Å². The molecule has 23 heavy (non-hydrogen) atoms. The molecule has 0 aliphatic heterocycles. The molecular formula is C20H17FO2. The maximum Gasteiger partial charge on any atom is 0.174 e. The first kappa shape index (κ1) is 14.4. The van der Waals surface area contributed by atoms with Gasteiger partial charge in [0.15, 0.2) is 5.67 Å². The van der Waals surface area contributed by atoms with Crippen molar-refractivity contribution in [1.29, 1.82) is 0 Å². The van der Waals surface area contributed by atoms with E-state index in [0.29, 0.717) is 11.1 Å². The van der Waals surface area contributed by atoms with Crippen LogP contribution in [0.25, 0.3) is 10.8 Å². The second kappa shape index (κ2) is 5.15. The smallest absolute Gasteiger partial charge is 0.174 e. The highest BCUT2D eigenvalue weighted by atomic mass is 19.1. The van der Waals surface area contributed by atoms with Crippen molar-refractivity contribution in [3.8, 4) is 0 Å². The van der Waals surface area contributed by atoms with E-state index in [4.69, 9.17) is 0 Å². The van der Waals surface area contributed by atoms with Crippen molar-refractivity contribution in [3.63, 3.8) is 0 Å². The summed E-state index contributed by atoms with van der Waals surface area (Å²) in [4.78, 5) is 0. The fourth-order valence-corrected chi connectivity index (χ4v) is 3.51. The van der Waals surface area contributed by atoms with Crippen molar-refractivity contribution < 1.29 is 14.6 Å². The molecular weight excluding hydrogens is 291 g/mol. The molecule has 1 aliphatic carbocycles. The van der Waals surface area contributed by atoms with Crippen LogP contribution in [0, 0.1) is 0 Å². The standard InChI is InChI=1S/C20H17FO2/c21-20(12-16-7-3-4-8-17(16)19(20)23)18(22)15-10-9-13-5-1-2-6-14(13)11-15/h1-11,18-19,22-23H,12H2/t18-,19-,20-/m0/s1. The summed E-state index contributed by atoms with van der Waals surface area (Å²) in [5, 5.41) is 23.0. The van der Waals surface area contributed by atoms with Crippen molar-refractivity contribution in [2.75, 3.05) is 0 Å². The van der Waals surface area contributed by atoms with Crippen molar-refractivity contribution in [2.24, 2.45) is 0 Å². The van der Waals surface area contributed by atoms with Gasteiger partial charge in [0.2, 0.25) is 0 Å². The third-order valence-electron chi connectivity index (χ3n) is 4.81. The predicted octanol–water partition coefficient (Wildman–Crippen LogP) is 3.87. The van der Waals surface area contributed by atoms with Gasteiger partial charge in [-0.15, -0.1) is 0 Å². The number of benzene rings is 3. The van der Waals surface area contributed by atoms with Gasteiger partial charge in [-0.3, -0.25) is 0 Å². The lowest BCUT2D eigenvalue weighted by Crippen LogP contribution is -2.36. The van der Waals surface area contributed by atoms with Crippen LogP contribution >= 0.6 is 0 Å². The lowest BCUT2D eigenvalue weighted by Gasteiger charge is -2.30. The summed E-state index contributed by atoms with van der Waals surface area (Å²) in [6.45, 7) is 0. The normalized spacial score (nSPS) is 24.6. The van der Waals surface area contributed by atoms with Crippen LogP contribution in [0.2, 0.25) is 0 Å². The van der Waals surface area contributed by atoms with E-state index >= 15 is 4.39 Å². The third-order valence-corrected chi connectivity index (χ3v) is 4.81. The molecule has 116 valence electrons. The van der Waals surface area contributed by atoms with Crippen LogP contribution in [0.15, 0.2) is 66.7 Å². The van der Waals surface area contributed by atoms with E-state index in [2.05, 4.69) is 0 Å². The van der Waals surface area contributed by atoms with E-state index in [1.807, 2.05) is 36.4 Å². The van der Waals surface area contributed by atoms with E-state index in [1.54, 1.807) is 30.3 Å². The number of halogens is 1. The van der Waals surface area contributed by atoms with Gasteiger partial charge in [0.25, 0.3) is 0 Å². The molecule has 3 aromatic rings. The average molecular weight is 308 g/mol. The first-order chi connectivity index (χ1) is 11.1. The van der Waals surface area contributed by atoms with E-state index < -0.39 is 17.9 Å². The van der Waals surface area contributed by atoms with Crippen LogP contribution in [-0.4, -0.2) is 15.9 Å². The zero-order valence-corrected chi connectivity index (χ0v) is 12.5. The van der Waals surface area contributed by atoms with Gasteiger partial charge >= 0.3 is 0 Å². The molecule has 1 aliphatic rings. The van der Waals surface area contributed by atoms with Gasteiger partial charge in [0.1, 0.15) is 12.2 Å². The van der Waals surface area contributed by atoms with Gasteiger partial charge in [0, 0.05) is 6.42 Å². The fourth-order valence-electron chi connectivity index (χ4n) is 3.51. The Kier molecular flexibility index (Phi) is 3.22. The molecule has 0 bridgehead atoms. The predicted molar refractivity (Wildman–Crippen MR) is 87.9 cm³/mol. The van der Waals surface area contributed by atoms with E-state index in [9.17, 15) is 10.2 Å². The summed E-state index contributed by atoms with van der Waals surface area (Å²) in [6.07, 6.45) is -2.69. The largest absolute Gasteiger partial charge is 0.385 e. The maximum absolute atomic E-state index is 15.5. The number of fused-ring (bicyclic) bond motifs is 2. The van der Waals surface area contributed by atoms with Crippen molar-refractivity contribution >= 4 is 10.8 Å². The summed E-state index contributed by atoms with van der Waals surface area (Å²) in [5.74, 6) is 0. The molecule has 0 spiro atoms. The first-order valence-electron chi connectivity index (χ1n) is 7.71. The lowest BCUT2D eigenvalue weighted by atomic mass is 9.87. The van der Waals surface area contributed by atoms with Gasteiger partial charge in [-0.05, 0) is 33.5 Å². The fraction of sp³-hybridized carbons (Fsp3) is 0.200. The third kappa shape index (κ3) is 2.16. The van der Waals surface area contributed by atoms with Crippen LogP contribution in [-0.2, 0) is 6.42 Å². The van der Waals surface area contributed by atoms with Gasteiger partial charge in [-0.1, -0.05) is 60.7 Å². The number of hydrogen-bond acceptors (Lipinski definition) is 2. The Morgan fingerprint density at radius 1 is 0.957 bits per heavy atom. The van der Waals surface area contributed by atoms with E-state index in [1.165, 1.54) is 0 Å². The molecule has 3 heteroatoms. The summed E-state index contributed by atoms with van der Waals surface area (Å²) in [6, 6.07) is 20.2. The highest BCUT2D eigenvalue weighted by molar-refractivity contribution is 5.83. The number of aliphatic hydroxyl groups excluding tert-OH is 2. The Bertz CT molecular complexity index is 876. The monoisotopic (exact) mass is 308 g/mol.